The maximum atomic E-state index is 13.3. The number of hydrogen-bond acceptors (Lipinski definition) is 5. The predicted octanol–water partition coefficient (Wildman–Crippen LogP) is 4.99. The number of Topliss-reactive ketones (excluding diaryl/α,β-unsaturated/α-hetero) is 1. The molecule has 0 fully saturated rings. The number of esters is 2. The topological polar surface area (TPSA) is 69.7 Å². The van der Waals surface area contributed by atoms with Crippen molar-refractivity contribution < 1.29 is 32.6 Å². The minimum Gasteiger partial charge on any atom is -0.451 e. The van der Waals surface area contributed by atoms with E-state index in [1.54, 1.807) is 48.5 Å². The van der Waals surface area contributed by atoms with Crippen LogP contribution in [0.4, 0.5) is 8.78 Å². The van der Waals surface area contributed by atoms with E-state index in [9.17, 15) is 23.2 Å². The molecule has 0 saturated heterocycles. The zero-order valence-corrected chi connectivity index (χ0v) is 16.7. The molecule has 0 aliphatic carbocycles. The molecule has 0 aromatic heterocycles. The molecule has 158 valence electrons. The molecule has 0 bridgehead atoms. The van der Waals surface area contributed by atoms with Gasteiger partial charge < -0.3 is 9.47 Å². The highest BCUT2D eigenvalue weighted by molar-refractivity contribution is 6.01. The van der Waals surface area contributed by atoms with E-state index in [2.05, 4.69) is 0 Å². The zero-order valence-electron chi connectivity index (χ0n) is 16.7. The molecule has 0 heterocycles. The molecule has 3 rings (SSSR count). The minimum absolute atomic E-state index is 0.0910. The third-order valence-corrected chi connectivity index (χ3v) is 4.43. The van der Waals surface area contributed by atoms with Gasteiger partial charge in [-0.25, -0.2) is 13.6 Å². The van der Waals surface area contributed by atoms with Crippen molar-refractivity contribution in [1.82, 2.24) is 0 Å². The van der Waals surface area contributed by atoms with Gasteiger partial charge in [0, 0.05) is 12.5 Å². The fourth-order valence-corrected chi connectivity index (χ4v) is 2.85. The average Bonchev–Trinajstić information content (AvgIpc) is 2.75. The molecule has 0 N–H and O–H groups in total. The number of ketones is 1. The van der Waals surface area contributed by atoms with Crippen LogP contribution >= 0.6 is 0 Å². The van der Waals surface area contributed by atoms with E-state index in [4.69, 9.17) is 9.47 Å². The lowest BCUT2D eigenvalue weighted by Gasteiger charge is -2.13. The third kappa shape index (κ3) is 5.39. The van der Waals surface area contributed by atoms with Crippen LogP contribution in [0.1, 0.15) is 34.6 Å². The third-order valence-electron chi connectivity index (χ3n) is 4.43. The molecule has 0 spiro atoms. The number of benzene rings is 3. The summed E-state index contributed by atoms with van der Waals surface area (Å²) < 4.78 is 36.5. The van der Waals surface area contributed by atoms with Gasteiger partial charge in [0.05, 0.1) is 5.56 Å². The van der Waals surface area contributed by atoms with E-state index in [0.717, 1.165) is 29.3 Å². The van der Waals surface area contributed by atoms with Crippen molar-refractivity contribution in [1.29, 1.82) is 0 Å². The van der Waals surface area contributed by atoms with E-state index in [0.29, 0.717) is 5.75 Å². The average molecular weight is 424 g/mol. The summed E-state index contributed by atoms with van der Waals surface area (Å²) in [7, 11) is 0. The van der Waals surface area contributed by atoms with Crippen molar-refractivity contribution in [2.45, 2.75) is 20.0 Å². The van der Waals surface area contributed by atoms with Crippen molar-refractivity contribution in [3.63, 3.8) is 0 Å². The Hall–Kier alpha value is -3.87. The smallest absolute Gasteiger partial charge is 0.338 e. The first-order valence-corrected chi connectivity index (χ1v) is 9.34. The molecule has 0 unspecified atom stereocenters. The van der Waals surface area contributed by atoms with Gasteiger partial charge in [-0.15, -0.1) is 0 Å². The summed E-state index contributed by atoms with van der Waals surface area (Å²) in [6.45, 7) is 2.68. The van der Waals surface area contributed by atoms with Crippen LogP contribution in [0.3, 0.4) is 0 Å². The molecule has 31 heavy (non-hydrogen) atoms. The number of carbonyl (C=O) groups excluding carboxylic acids is 3. The summed E-state index contributed by atoms with van der Waals surface area (Å²) in [5.74, 6) is -3.57. The molecular weight excluding hydrogens is 406 g/mol. The van der Waals surface area contributed by atoms with Crippen molar-refractivity contribution in [2.24, 2.45) is 0 Å². The Morgan fingerprint density at radius 2 is 1.32 bits per heavy atom. The molecule has 0 amide bonds. The van der Waals surface area contributed by atoms with Crippen LogP contribution in [0, 0.1) is 11.6 Å². The standard InChI is InChI=1S/C24H18F2O5/c1-14(23(28)19-9-12-21(25)22(26)13-19)30-24(29)18-5-3-16(4-6-18)17-7-10-20(11-8-17)31-15(2)27/h3-14H,1-2H3/t14-/m1/s1. The van der Waals surface area contributed by atoms with Gasteiger partial charge in [0.25, 0.3) is 0 Å². The van der Waals surface area contributed by atoms with Crippen LogP contribution in [0.15, 0.2) is 66.7 Å². The molecule has 5 nitrogen and oxygen atoms in total. The molecule has 3 aromatic rings. The normalized spacial score (nSPS) is 11.5. The number of halogens is 2. The van der Waals surface area contributed by atoms with Crippen LogP contribution in [0.25, 0.3) is 11.1 Å². The van der Waals surface area contributed by atoms with E-state index < -0.39 is 35.5 Å². The Labute approximate surface area is 177 Å². The quantitative estimate of drug-likeness (QED) is 0.317. The second-order valence-corrected chi connectivity index (χ2v) is 6.74. The first-order valence-electron chi connectivity index (χ1n) is 9.34. The maximum Gasteiger partial charge on any atom is 0.338 e. The lowest BCUT2D eigenvalue weighted by Crippen LogP contribution is -2.24. The summed E-state index contributed by atoms with van der Waals surface area (Å²) in [5.41, 5.74) is 1.80. The summed E-state index contributed by atoms with van der Waals surface area (Å²) >= 11 is 0. The lowest BCUT2D eigenvalue weighted by molar-refractivity contribution is -0.131. The van der Waals surface area contributed by atoms with E-state index in [-0.39, 0.29) is 11.1 Å². The second-order valence-electron chi connectivity index (χ2n) is 6.74. The second kappa shape index (κ2) is 9.30. The lowest BCUT2D eigenvalue weighted by atomic mass is 10.0. The monoisotopic (exact) mass is 424 g/mol. The van der Waals surface area contributed by atoms with Gasteiger partial charge in [0.2, 0.25) is 5.78 Å². The van der Waals surface area contributed by atoms with Crippen molar-refractivity contribution in [3.05, 3.63) is 89.5 Å². The SMILES string of the molecule is CC(=O)Oc1ccc(-c2ccc(C(=O)O[C@H](C)C(=O)c3ccc(F)c(F)c3)cc2)cc1. The van der Waals surface area contributed by atoms with Crippen molar-refractivity contribution in [3.8, 4) is 16.9 Å². The number of ether oxygens (including phenoxy) is 2. The summed E-state index contributed by atoms with van der Waals surface area (Å²) in [5, 5.41) is 0. The molecule has 0 saturated carbocycles. The number of rotatable bonds is 6. The van der Waals surface area contributed by atoms with Gasteiger partial charge in [0.1, 0.15) is 5.75 Å². The molecule has 0 aliphatic rings. The van der Waals surface area contributed by atoms with Crippen LogP contribution < -0.4 is 4.74 Å². The van der Waals surface area contributed by atoms with E-state index in [1.165, 1.54) is 13.8 Å². The predicted molar refractivity (Wildman–Crippen MR) is 109 cm³/mol. The highest BCUT2D eigenvalue weighted by atomic mass is 19.2. The fraction of sp³-hybridized carbons (Fsp3) is 0.125. The molecule has 1 atom stereocenters. The summed E-state index contributed by atoms with van der Waals surface area (Å²) in [6.07, 6.45) is -1.18. The first-order chi connectivity index (χ1) is 14.7. The summed E-state index contributed by atoms with van der Waals surface area (Å²) in [4.78, 5) is 35.6. The largest absolute Gasteiger partial charge is 0.451 e. The Bertz CT molecular complexity index is 1120. The minimum atomic E-state index is -1.18. The highest BCUT2D eigenvalue weighted by Crippen LogP contribution is 2.23. The van der Waals surface area contributed by atoms with Crippen molar-refractivity contribution >= 4 is 17.7 Å². The highest BCUT2D eigenvalue weighted by Gasteiger charge is 2.21. The van der Waals surface area contributed by atoms with Crippen LogP contribution in [-0.2, 0) is 9.53 Å². The first kappa shape index (κ1) is 21.8. The molecule has 0 aliphatic heterocycles. The molecule has 3 aromatic carbocycles. The van der Waals surface area contributed by atoms with Gasteiger partial charge >= 0.3 is 11.9 Å². The van der Waals surface area contributed by atoms with Crippen molar-refractivity contribution in [2.75, 3.05) is 0 Å². The van der Waals surface area contributed by atoms with E-state index >= 15 is 0 Å². The molecule has 0 radical (unpaired) electrons. The number of carbonyl (C=O) groups is 3. The Balaban J connectivity index is 1.66. The Morgan fingerprint density at radius 1 is 0.774 bits per heavy atom. The maximum absolute atomic E-state index is 13.3. The fourth-order valence-electron chi connectivity index (χ4n) is 2.85. The Kier molecular flexibility index (Phi) is 6.55. The van der Waals surface area contributed by atoms with Gasteiger partial charge in [0.15, 0.2) is 17.7 Å². The van der Waals surface area contributed by atoms with Gasteiger partial charge in [-0.2, -0.15) is 0 Å². The van der Waals surface area contributed by atoms with Crippen LogP contribution in [-0.4, -0.2) is 23.8 Å². The van der Waals surface area contributed by atoms with Gasteiger partial charge in [-0.3, -0.25) is 9.59 Å². The number of hydrogen-bond donors (Lipinski definition) is 0. The summed E-state index contributed by atoms with van der Waals surface area (Å²) in [6, 6.07) is 16.1. The molecular formula is C24H18F2O5. The van der Waals surface area contributed by atoms with Crippen LogP contribution in [0.2, 0.25) is 0 Å². The van der Waals surface area contributed by atoms with Gasteiger partial charge in [-0.05, 0) is 60.5 Å². The van der Waals surface area contributed by atoms with E-state index in [1.807, 2.05) is 0 Å². The Morgan fingerprint density at radius 3 is 1.87 bits per heavy atom. The molecule has 7 heteroatoms. The van der Waals surface area contributed by atoms with Crippen LogP contribution in [0.5, 0.6) is 5.75 Å². The zero-order chi connectivity index (χ0) is 22.5. The van der Waals surface area contributed by atoms with Gasteiger partial charge in [-0.1, -0.05) is 24.3 Å².